The van der Waals surface area contributed by atoms with Crippen LogP contribution in [0.3, 0.4) is 0 Å². The Kier molecular flexibility index (Phi) is 4.83. The molecule has 2 heterocycles. The van der Waals surface area contributed by atoms with Crippen molar-refractivity contribution in [2.24, 2.45) is 7.05 Å². The topological polar surface area (TPSA) is 81.3 Å². The molecule has 2 aromatic heterocycles. The summed E-state index contributed by atoms with van der Waals surface area (Å²) in [5.74, 6) is -1.50. The van der Waals surface area contributed by atoms with Gasteiger partial charge in [-0.2, -0.15) is 0 Å². The first-order chi connectivity index (χ1) is 14.4. The number of aromatic nitrogens is 2. The summed E-state index contributed by atoms with van der Waals surface area (Å²) in [7, 11) is 1.68. The largest absolute Gasteiger partial charge is 0.477 e. The molecule has 0 radical (unpaired) electrons. The van der Waals surface area contributed by atoms with Gasteiger partial charge in [0.15, 0.2) is 5.78 Å². The van der Waals surface area contributed by atoms with Gasteiger partial charge >= 0.3 is 5.97 Å². The van der Waals surface area contributed by atoms with Crippen molar-refractivity contribution in [1.29, 1.82) is 0 Å². The quantitative estimate of drug-likeness (QED) is 0.519. The molecule has 0 fully saturated rings. The number of rotatable bonds is 5. The molecule has 4 aromatic rings. The highest BCUT2D eigenvalue weighted by atomic mass is 16.4. The van der Waals surface area contributed by atoms with E-state index in [1.807, 2.05) is 36.4 Å². The third-order valence-corrected chi connectivity index (χ3v) is 5.38. The van der Waals surface area contributed by atoms with Gasteiger partial charge in [0, 0.05) is 31.0 Å². The summed E-state index contributed by atoms with van der Waals surface area (Å²) in [6.45, 7) is 2.10. The average molecular weight is 400 g/mol. The molecule has 150 valence electrons. The lowest BCUT2D eigenvalue weighted by Crippen LogP contribution is -2.21. The molecule has 30 heavy (non-hydrogen) atoms. The van der Waals surface area contributed by atoms with Gasteiger partial charge in [-0.3, -0.25) is 9.59 Å². The number of carbonyl (C=O) groups excluding carboxylic acids is 1. The van der Waals surface area contributed by atoms with Gasteiger partial charge < -0.3 is 14.2 Å². The Morgan fingerprint density at radius 3 is 2.13 bits per heavy atom. The number of fused-ring (bicyclic) bond motifs is 1. The number of benzene rings is 2. The molecule has 0 amide bonds. The SMILES string of the molecule is Cc1c(C(=O)c2ccccc2)c2c(c(=O)c(C(=O)O)cn2Cc2ccccc2)n1C. The van der Waals surface area contributed by atoms with Gasteiger partial charge in [-0.25, -0.2) is 4.79 Å². The van der Waals surface area contributed by atoms with E-state index in [0.717, 1.165) is 5.56 Å². The second-order valence-electron chi connectivity index (χ2n) is 7.20. The van der Waals surface area contributed by atoms with Gasteiger partial charge in [-0.15, -0.1) is 0 Å². The molecule has 6 heteroatoms. The summed E-state index contributed by atoms with van der Waals surface area (Å²) in [6.07, 6.45) is 1.33. The van der Waals surface area contributed by atoms with Crippen molar-refractivity contribution in [2.75, 3.05) is 0 Å². The maximum Gasteiger partial charge on any atom is 0.341 e. The number of aryl methyl sites for hydroxylation is 1. The van der Waals surface area contributed by atoms with Gasteiger partial charge in [0.2, 0.25) is 5.43 Å². The molecular formula is C24H20N2O4. The number of ketones is 1. The number of carboxylic acids is 1. The molecule has 0 atom stereocenters. The first-order valence-corrected chi connectivity index (χ1v) is 9.49. The zero-order chi connectivity index (χ0) is 21.4. The number of hydrogen-bond donors (Lipinski definition) is 1. The fourth-order valence-electron chi connectivity index (χ4n) is 3.79. The van der Waals surface area contributed by atoms with Crippen LogP contribution in [-0.2, 0) is 13.6 Å². The minimum atomic E-state index is -1.29. The molecule has 0 aliphatic carbocycles. The van der Waals surface area contributed by atoms with E-state index in [1.54, 1.807) is 47.4 Å². The third kappa shape index (κ3) is 3.12. The molecule has 0 bridgehead atoms. The summed E-state index contributed by atoms with van der Waals surface area (Å²) < 4.78 is 3.31. The fourth-order valence-corrected chi connectivity index (χ4v) is 3.79. The van der Waals surface area contributed by atoms with E-state index < -0.39 is 11.4 Å². The van der Waals surface area contributed by atoms with Crippen LogP contribution in [0.2, 0.25) is 0 Å². The lowest BCUT2D eigenvalue weighted by molar-refractivity contribution is 0.0694. The third-order valence-electron chi connectivity index (χ3n) is 5.38. The Bertz CT molecular complexity index is 1330. The average Bonchev–Trinajstić information content (AvgIpc) is 3.02. The predicted molar refractivity (Wildman–Crippen MR) is 114 cm³/mol. The Hall–Kier alpha value is -3.93. The van der Waals surface area contributed by atoms with Gasteiger partial charge in [0.25, 0.3) is 0 Å². The minimum absolute atomic E-state index is 0.206. The molecule has 0 saturated heterocycles. The summed E-state index contributed by atoms with van der Waals surface area (Å²) in [6, 6.07) is 18.4. The number of aromatic carboxylic acids is 1. The molecule has 0 aliphatic rings. The van der Waals surface area contributed by atoms with Gasteiger partial charge in [0.1, 0.15) is 11.1 Å². The van der Waals surface area contributed by atoms with Gasteiger partial charge in [0.05, 0.1) is 11.1 Å². The summed E-state index contributed by atoms with van der Waals surface area (Å²) >= 11 is 0. The van der Waals surface area contributed by atoms with Crippen LogP contribution in [0.15, 0.2) is 71.7 Å². The first-order valence-electron chi connectivity index (χ1n) is 9.49. The van der Waals surface area contributed by atoms with Crippen LogP contribution < -0.4 is 5.43 Å². The van der Waals surface area contributed by atoms with E-state index in [0.29, 0.717) is 28.9 Å². The van der Waals surface area contributed by atoms with Crippen LogP contribution >= 0.6 is 0 Å². The number of carbonyl (C=O) groups is 2. The molecule has 0 saturated carbocycles. The second kappa shape index (κ2) is 7.48. The van der Waals surface area contributed by atoms with Crippen LogP contribution in [-0.4, -0.2) is 26.0 Å². The van der Waals surface area contributed by atoms with Crippen molar-refractivity contribution in [3.8, 4) is 0 Å². The van der Waals surface area contributed by atoms with E-state index in [-0.39, 0.29) is 16.9 Å². The maximum absolute atomic E-state index is 13.4. The van der Waals surface area contributed by atoms with Crippen molar-refractivity contribution >= 4 is 22.8 Å². The van der Waals surface area contributed by atoms with Crippen LogP contribution in [0.5, 0.6) is 0 Å². The zero-order valence-corrected chi connectivity index (χ0v) is 16.6. The van der Waals surface area contributed by atoms with Crippen molar-refractivity contribution in [3.05, 3.63) is 105 Å². The standard InChI is InChI=1S/C24H20N2O4/c1-15-19(22(27)17-11-7-4-8-12-17)20-21(25(15)2)23(28)18(24(29)30)14-26(20)13-16-9-5-3-6-10-16/h3-12,14H,13H2,1-2H3,(H,29,30). The molecule has 2 aromatic carbocycles. The van der Waals surface area contributed by atoms with Crippen molar-refractivity contribution < 1.29 is 14.7 Å². The molecule has 0 spiro atoms. The summed E-state index contributed by atoms with van der Waals surface area (Å²) in [5.41, 5.74) is 2.19. The fraction of sp³-hybridized carbons (Fsp3) is 0.125. The Morgan fingerprint density at radius 1 is 0.933 bits per heavy atom. The molecule has 1 N–H and O–H groups in total. The Labute approximate surface area is 172 Å². The molecule has 0 unspecified atom stereocenters. The summed E-state index contributed by atoms with van der Waals surface area (Å²) in [5, 5.41) is 9.58. The normalized spacial score (nSPS) is 11.0. The van der Waals surface area contributed by atoms with E-state index >= 15 is 0 Å². The number of hydrogen-bond acceptors (Lipinski definition) is 3. The van der Waals surface area contributed by atoms with E-state index in [1.165, 1.54) is 6.20 Å². The van der Waals surface area contributed by atoms with Crippen molar-refractivity contribution in [1.82, 2.24) is 9.13 Å². The number of carboxylic acid groups (broad SMARTS) is 1. The maximum atomic E-state index is 13.4. The molecule has 4 rings (SSSR count). The van der Waals surface area contributed by atoms with Gasteiger partial charge in [-0.05, 0) is 12.5 Å². The monoisotopic (exact) mass is 400 g/mol. The number of nitrogens with zero attached hydrogens (tertiary/aromatic N) is 2. The number of pyridine rings is 1. The predicted octanol–water partition coefficient (Wildman–Crippen LogP) is 3.63. The van der Waals surface area contributed by atoms with Crippen LogP contribution in [0.4, 0.5) is 0 Å². The lowest BCUT2D eigenvalue weighted by atomic mass is 10.0. The highest BCUT2D eigenvalue weighted by Gasteiger charge is 2.26. The van der Waals surface area contributed by atoms with Crippen LogP contribution in [0, 0.1) is 6.92 Å². The minimum Gasteiger partial charge on any atom is -0.477 e. The molecule has 6 nitrogen and oxygen atoms in total. The molecule has 0 aliphatic heterocycles. The van der Waals surface area contributed by atoms with Crippen LogP contribution in [0.25, 0.3) is 11.0 Å². The smallest absolute Gasteiger partial charge is 0.341 e. The van der Waals surface area contributed by atoms with Crippen molar-refractivity contribution in [3.63, 3.8) is 0 Å². The lowest BCUT2D eigenvalue weighted by Gasteiger charge is -2.12. The van der Waals surface area contributed by atoms with Gasteiger partial charge in [-0.1, -0.05) is 60.7 Å². The second-order valence-corrected chi connectivity index (χ2v) is 7.20. The highest BCUT2D eigenvalue weighted by Crippen LogP contribution is 2.27. The molecular weight excluding hydrogens is 380 g/mol. The Balaban J connectivity index is 2.07. The van der Waals surface area contributed by atoms with Crippen molar-refractivity contribution in [2.45, 2.75) is 13.5 Å². The zero-order valence-electron chi connectivity index (χ0n) is 16.6. The van der Waals surface area contributed by atoms with E-state index in [9.17, 15) is 19.5 Å². The van der Waals surface area contributed by atoms with E-state index in [2.05, 4.69) is 0 Å². The highest BCUT2D eigenvalue weighted by molar-refractivity contribution is 6.17. The Morgan fingerprint density at radius 2 is 1.53 bits per heavy atom. The van der Waals surface area contributed by atoms with Crippen LogP contribution in [0.1, 0.15) is 37.5 Å². The van der Waals surface area contributed by atoms with E-state index in [4.69, 9.17) is 0 Å². The summed E-state index contributed by atoms with van der Waals surface area (Å²) in [4.78, 5) is 38.1. The first kappa shape index (κ1) is 19.4.